The molecule has 1 N–H and O–H groups in total. The molecular weight excluding hydrogens is 343 g/mol. The third-order valence-corrected chi connectivity index (χ3v) is 3.77. The molecule has 1 unspecified atom stereocenters. The fourth-order valence-electron chi connectivity index (χ4n) is 2.69. The number of ether oxygens (including phenoxy) is 1. The normalized spacial score (nSPS) is 12.9. The lowest BCUT2D eigenvalue weighted by Gasteiger charge is -2.24. The number of carboxylic acids is 1. The molecule has 1 aromatic heterocycles. The predicted octanol–water partition coefficient (Wildman–Crippen LogP) is 1.73. The first-order chi connectivity index (χ1) is 11.5. The summed E-state index contributed by atoms with van der Waals surface area (Å²) < 4.78 is 43.5. The summed E-state index contributed by atoms with van der Waals surface area (Å²) in [5.41, 5.74) is 0.921. The number of aryl methyl sites for hydroxylation is 1. The molecule has 0 fully saturated rings. The molecule has 142 valence electrons. The van der Waals surface area contributed by atoms with E-state index in [0.717, 1.165) is 9.58 Å². The van der Waals surface area contributed by atoms with Gasteiger partial charge in [-0.25, -0.2) is 0 Å². The van der Waals surface area contributed by atoms with Crippen LogP contribution in [0.3, 0.4) is 0 Å². The van der Waals surface area contributed by atoms with E-state index >= 15 is 0 Å². The Balaban J connectivity index is 3.09. The Hall–Kier alpha value is -2.10. The van der Waals surface area contributed by atoms with Crippen molar-refractivity contribution in [1.82, 2.24) is 14.7 Å². The first-order valence-corrected chi connectivity index (χ1v) is 7.58. The summed E-state index contributed by atoms with van der Waals surface area (Å²) in [5.74, 6) is -2.51. The van der Waals surface area contributed by atoms with Gasteiger partial charge in [0.1, 0.15) is 13.1 Å². The number of carbonyl (C=O) groups is 2. The number of nitrogens with zero attached hydrogens (tertiary/aromatic N) is 3. The Labute approximate surface area is 143 Å². The van der Waals surface area contributed by atoms with Crippen LogP contribution in [0.25, 0.3) is 0 Å². The molecule has 10 heteroatoms. The Bertz CT molecular complexity index is 628. The summed E-state index contributed by atoms with van der Waals surface area (Å²) in [4.78, 5) is 24.7. The number of aliphatic carboxylic acids is 1. The Morgan fingerprint density at radius 3 is 2.44 bits per heavy atom. The summed E-state index contributed by atoms with van der Waals surface area (Å²) in [6.45, 7) is 2.97. The lowest BCUT2D eigenvalue weighted by atomic mass is 9.97. The van der Waals surface area contributed by atoms with E-state index in [1.54, 1.807) is 0 Å². The highest BCUT2D eigenvalue weighted by Gasteiger charge is 2.32. The highest BCUT2D eigenvalue weighted by molar-refractivity contribution is 5.86. The molecule has 0 spiro atoms. The van der Waals surface area contributed by atoms with Crippen molar-refractivity contribution in [3.8, 4) is 0 Å². The number of aromatic nitrogens is 2. The van der Waals surface area contributed by atoms with Gasteiger partial charge in [0.05, 0.1) is 18.2 Å². The van der Waals surface area contributed by atoms with Gasteiger partial charge in [-0.2, -0.15) is 18.3 Å². The van der Waals surface area contributed by atoms with Crippen molar-refractivity contribution in [2.24, 2.45) is 0 Å². The Morgan fingerprint density at radius 2 is 1.96 bits per heavy atom. The van der Waals surface area contributed by atoms with E-state index < -0.39 is 37.1 Å². The average Bonchev–Trinajstić information content (AvgIpc) is 2.74. The topological polar surface area (TPSA) is 84.7 Å². The minimum atomic E-state index is -4.43. The van der Waals surface area contributed by atoms with Gasteiger partial charge >= 0.3 is 12.1 Å². The molecular formula is C15H22F3N3O4. The first kappa shape index (κ1) is 20.9. The fourth-order valence-corrected chi connectivity index (χ4v) is 2.69. The third kappa shape index (κ3) is 5.73. The molecule has 25 heavy (non-hydrogen) atoms. The van der Waals surface area contributed by atoms with E-state index in [1.807, 2.05) is 0 Å². The van der Waals surface area contributed by atoms with E-state index in [9.17, 15) is 22.8 Å². The Kier molecular flexibility index (Phi) is 6.97. The molecule has 0 aliphatic rings. The van der Waals surface area contributed by atoms with Crippen LogP contribution in [0.4, 0.5) is 13.2 Å². The standard InChI is InChI=1S/C15H22F3N3O4/c1-9(14(24)20(5-6-25-4)7-12(22)23)13-10(2)19-21(11(13)3)8-15(16,17)18/h9H,5-8H2,1-4H3,(H,22,23). The second-order valence-electron chi connectivity index (χ2n) is 5.73. The Morgan fingerprint density at radius 1 is 1.36 bits per heavy atom. The smallest absolute Gasteiger partial charge is 0.408 e. The van der Waals surface area contributed by atoms with E-state index in [2.05, 4.69) is 5.10 Å². The predicted molar refractivity (Wildman–Crippen MR) is 82.3 cm³/mol. The lowest BCUT2D eigenvalue weighted by molar-refractivity contribution is -0.145. The number of rotatable bonds is 8. The average molecular weight is 365 g/mol. The molecule has 0 aliphatic carbocycles. The van der Waals surface area contributed by atoms with Gasteiger partial charge in [-0.05, 0) is 20.8 Å². The maximum absolute atomic E-state index is 12.6. The number of hydrogen-bond donors (Lipinski definition) is 1. The molecule has 1 amide bonds. The number of hydrogen-bond acceptors (Lipinski definition) is 4. The van der Waals surface area contributed by atoms with Crippen LogP contribution in [-0.2, 0) is 20.9 Å². The molecule has 1 rings (SSSR count). The molecule has 0 radical (unpaired) electrons. The van der Waals surface area contributed by atoms with Crippen LogP contribution in [-0.4, -0.2) is 64.6 Å². The summed E-state index contributed by atoms with van der Waals surface area (Å²) in [5, 5.41) is 12.8. The summed E-state index contributed by atoms with van der Waals surface area (Å²) in [6, 6.07) is 0. The van der Waals surface area contributed by atoms with Gasteiger partial charge in [0, 0.05) is 24.9 Å². The van der Waals surface area contributed by atoms with Gasteiger partial charge in [0.15, 0.2) is 0 Å². The molecule has 1 heterocycles. The monoisotopic (exact) mass is 365 g/mol. The second kappa shape index (κ2) is 8.32. The molecule has 7 nitrogen and oxygen atoms in total. The highest BCUT2D eigenvalue weighted by Crippen LogP contribution is 2.27. The van der Waals surface area contributed by atoms with Gasteiger partial charge in [-0.15, -0.1) is 0 Å². The number of methoxy groups -OCH3 is 1. The fraction of sp³-hybridized carbons (Fsp3) is 0.667. The number of amides is 1. The van der Waals surface area contributed by atoms with Crippen molar-refractivity contribution in [1.29, 1.82) is 0 Å². The molecule has 0 bridgehead atoms. The van der Waals surface area contributed by atoms with E-state index in [1.165, 1.54) is 27.9 Å². The number of alkyl halides is 3. The molecule has 0 aliphatic heterocycles. The van der Waals surface area contributed by atoms with Crippen LogP contribution in [0, 0.1) is 13.8 Å². The summed E-state index contributed by atoms with van der Waals surface area (Å²) in [7, 11) is 1.42. The zero-order chi connectivity index (χ0) is 19.4. The van der Waals surface area contributed by atoms with Crippen molar-refractivity contribution in [3.63, 3.8) is 0 Å². The van der Waals surface area contributed by atoms with Crippen LogP contribution < -0.4 is 0 Å². The first-order valence-electron chi connectivity index (χ1n) is 7.58. The van der Waals surface area contributed by atoms with E-state index in [0.29, 0.717) is 11.3 Å². The van der Waals surface area contributed by atoms with Crippen molar-refractivity contribution in [2.75, 3.05) is 26.8 Å². The molecule has 0 saturated heterocycles. The lowest BCUT2D eigenvalue weighted by Crippen LogP contribution is -2.40. The van der Waals surface area contributed by atoms with Crippen molar-refractivity contribution in [3.05, 3.63) is 17.0 Å². The zero-order valence-electron chi connectivity index (χ0n) is 14.6. The van der Waals surface area contributed by atoms with E-state index in [4.69, 9.17) is 9.84 Å². The maximum Gasteiger partial charge on any atom is 0.408 e. The number of carbonyl (C=O) groups excluding carboxylic acids is 1. The maximum atomic E-state index is 12.6. The molecule has 1 aromatic rings. The van der Waals surface area contributed by atoms with Gasteiger partial charge in [-0.1, -0.05) is 0 Å². The largest absolute Gasteiger partial charge is 0.480 e. The van der Waals surface area contributed by atoms with Crippen molar-refractivity contribution >= 4 is 11.9 Å². The summed E-state index contributed by atoms with van der Waals surface area (Å²) >= 11 is 0. The van der Waals surface area contributed by atoms with E-state index in [-0.39, 0.29) is 18.8 Å². The number of halogens is 3. The summed E-state index contributed by atoms with van der Waals surface area (Å²) in [6.07, 6.45) is -4.43. The van der Waals surface area contributed by atoms with Gasteiger partial charge < -0.3 is 14.7 Å². The van der Waals surface area contributed by atoms with Crippen molar-refractivity contribution < 1.29 is 32.6 Å². The second-order valence-corrected chi connectivity index (χ2v) is 5.73. The molecule has 1 atom stereocenters. The minimum absolute atomic E-state index is 0.0702. The van der Waals surface area contributed by atoms with Crippen molar-refractivity contribution in [2.45, 2.75) is 39.4 Å². The quantitative estimate of drug-likeness (QED) is 0.758. The van der Waals surface area contributed by atoms with Crippen LogP contribution in [0.5, 0.6) is 0 Å². The van der Waals surface area contributed by atoms with Gasteiger partial charge in [0.25, 0.3) is 0 Å². The third-order valence-electron chi connectivity index (χ3n) is 3.77. The SMILES string of the molecule is COCCN(CC(=O)O)C(=O)C(C)c1c(C)nn(CC(F)(F)F)c1C. The molecule has 0 aromatic carbocycles. The van der Waals surface area contributed by atoms with Gasteiger partial charge in [0.2, 0.25) is 5.91 Å². The van der Waals surface area contributed by atoms with Crippen LogP contribution in [0.2, 0.25) is 0 Å². The van der Waals surface area contributed by atoms with Crippen LogP contribution >= 0.6 is 0 Å². The number of carboxylic acid groups (broad SMARTS) is 1. The zero-order valence-corrected chi connectivity index (χ0v) is 14.6. The van der Waals surface area contributed by atoms with Crippen LogP contribution in [0.1, 0.15) is 29.8 Å². The van der Waals surface area contributed by atoms with Gasteiger partial charge in [-0.3, -0.25) is 14.3 Å². The highest BCUT2D eigenvalue weighted by atomic mass is 19.4. The van der Waals surface area contributed by atoms with Crippen LogP contribution in [0.15, 0.2) is 0 Å². The molecule has 0 saturated carbocycles. The minimum Gasteiger partial charge on any atom is -0.480 e.